The molecule has 24 heavy (non-hydrogen) atoms. The van der Waals surface area contributed by atoms with Gasteiger partial charge in [0.2, 0.25) is 0 Å². The number of rotatable bonds is 9. The highest BCUT2D eigenvalue weighted by Gasteiger charge is 2.06. The molecule has 0 bridgehead atoms. The number of benzene rings is 1. The second-order valence-corrected chi connectivity index (χ2v) is 5.98. The fourth-order valence-electron chi connectivity index (χ4n) is 2.18. The molecule has 0 radical (unpaired) electrons. The van der Waals surface area contributed by atoms with Crippen molar-refractivity contribution in [2.45, 2.75) is 32.7 Å². The Morgan fingerprint density at radius 2 is 1.88 bits per heavy atom. The number of aliphatic imine (C=N–C) groups is 1. The Bertz CT molecular complexity index is 518. The summed E-state index contributed by atoms with van der Waals surface area (Å²) >= 11 is 0. The summed E-state index contributed by atoms with van der Waals surface area (Å²) < 4.78 is 10.6. The van der Waals surface area contributed by atoms with Crippen LogP contribution >= 0.6 is 0 Å². The van der Waals surface area contributed by atoms with Crippen molar-refractivity contribution < 1.29 is 9.47 Å². The average molecular weight is 336 g/mol. The summed E-state index contributed by atoms with van der Waals surface area (Å²) in [5.41, 5.74) is 0.903. The van der Waals surface area contributed by atoms with Crippen molar-refractivity contribution in [2.75, 3.05) is 46.7 Å². The fraction of sp³-hybridized carbons (Fsp3) is 0.611. The van der Waals surface area contributed by atoms with E-state index in [9.17, 15) is 0 Å². The maximum absolute atomic E-state index is 5.32. The van der Waals surface area contributed by atoms with E-state index in [0.717, 1.165) is 37.6 Å². The van der Waals surface area contributed by atoms with Gasteiger partial charge >= 0.3 is 0 Å². The van der Waals surface area contributed by atoms with Crippen LogP contribution in [0.15, 0.2) is 23.2 Å². The van der Waals surface area contributed by atoms with Gasteiger partial charge < -0.3 is 25.0 Å². The van der Waals surface area contributed by atoms with E-state index < -0.39 is 0 Å². The van der Waals surface area contributed by atoms with Gasteiger partial charge in [-0.25, -0.2) is 0 Å². The van der Waals surface area contributed by atoms with Crippen LogP contribution in [0.1, 0.15) is 26.7 Å². The predicted octanol–water partition coefficient (Wildman–Crippen LogP) is 2.81. The normalized spacial score (nSPS) is 11.8. The molecule has 0 saturated heterocycles. The van der Waals surface area contributed by atoms with Crippen molar-refractivity contribution in [1.29, 1.82) is 0 Å². The third-order valence-corrected chi connectivity index (χ3v) is 3.98. The lowest BCUT2D eigenvalue weighted by Gasteiger charge is -2.20. The molecule has 0 heterocycles. The minimum atomic E-state index is 0.595. The van der Waals surface area contributed by atoms with Crippen LogP contribution in [0.5, 0.6) is 11.5 Å². The van der Waals surface area contributed by atoms with Gasteiger partial charge in [0.15, 0.2) is 17.5 Å². The zero-order chi connectivity index (χ0) is 17.9. The van der Waals surface area contributed by atoms with Crippen LogP contribution in [0.25, 0.3) is 0 Å². The molecule has 0 aliphatic carbocycles. The van der Waals surface area contributed by atoms with Crippen molar-refractivity contribution >= 4 is 11.6 Å². The highest BCUT2D eigenvalue weighted by atomic mass is 16.5. The minimum absolute atomic E-state index is 0.595. The monoisotopic (exact) mass is 336 g/mol. The van der Waals surface area contributed by atoms with Gasteiger partial charge in [0.1, 0.15) is 0 Å². The first-order valence-electron chi connectivity index (χ1n) is 8.41. The van der Waals surface area contributed by atoms with Crippen LogP contribution in [0.2, 0.25) is 0 Å². The van der Waals surface area contributed by atoms with Crippen LogP contribution in [0.3, 0.4) is 0 Å². The first-order valence-corrected chi connectivity index (χ1v) is 8.41. The lowest BCUT2D eigenvalue weighted by atomic mass is 10.2. The second kappa shape index (κ2) is 10.8. The number of nitrogens with zero attached hydrogens (tertiary/aromatic N) is 2. The largest absolute Gasteiger partial charge is 0.493 e. The molecule has 0 saturated carbocycles. The Hall–Kier alpha value is -1.95. The van der Waals surface area contributed by atoms with Gasteiger partial charge in [0.25, 0.3) is 0 Å². The standard InChI is InChI=1S/C18H32N4O2/c1-14(2)22(4)12-8-7-11-20-18(19-3)21-15-9-10-16(23-5)17(13-15)24-6/h9-10,13-14H,7-8,11-12H2,1-6H3,(H2,19,20,21). The molecule has 0 aromatic heterocycles. The molecule has 1 aromatic carbocycles. The summed E-state index contributed by atoms with van der Waals surface area (Å²) in [6.45, 7) is 6.43. The highest BCUT2D eigenvalue weighted by molar-refractivity contribution is 5.93. The molecule has 0 spiro atoms. The van der Waals surface area contributed by atoms with Crippen LogP contribution in [-0.4, -0.2) is 58.3 Å². The van der Waals surface area contributed by atoms with Gasteiger partial charge in [-0.15, -0.1) is 0 Å². The fourth-order valence-corrected chi connectivity index (χ4v) is 2.18. The van der Waals surface area contributed by atoms with Gasteiger partial charge in [-0.2, -0.15) is 0 Å². The van der Waals surface area contributed by atoms with Crippen LogP contribution < -0.4 is 20.1 Å². The summed E-state index contributed by atoms with van der Waals surface area (Å²) in [6.07, 6.45) is 2.26. The quantitative estimate of drug-likeness (QED) is 0.412. The van der Waals surface area contributed by atoms with Crippen molar-refractivity contribution in [1.82, 2.24) is 10.2 Å². The molecule has 6 nitrogen and oxygen atoms in total. The zero-order valence-electron chi connectivity index (χ0n) is 15.8. The lowest BCUT2D eigenvalue weighted by Crippen LogP contribution is -2.32. The van der Waals surface area contributed by atoms with Crippen molar-refractivity contribution in [2.24, 2.45) is 4.99 Å². The molecule has 0 aliphatic rings. The maximum Gasteiger partial charge on any atom is 0.195 e. The van der Waals surface area contributed by atoms with E-state index in [1.165, 1.54) is 0 Å². The van der Waals surface area contributed by atoms with Gasteiger partial charge in [-0.3, -0.25) is 4.99 Å². The number of hydrogen-bond donors (Lipinski definition) is 2. The Morgan fingerprint density at radius 1 is 1.17 bits per heavy atom. The van der Waals surface area contributed by atoms with E-state index in [0.29, 0.717) is 17.5 Å². The highest BCUT2D eigenvalue weighted by Crippen LogP contribution is 2.29. The predicted molar refractivity (Wildman–Crippen MR) is 102 cm³/mol. The average Bonchev–Trinajstić information content (AvgIpc) is 2.59. The van der Waals surface area contributed by atoms with Gasteiger partial charge in [0, 0.05) is 31.4 Å². The number of ether oxygens (including phenoxy) is 2. The Morgan fingerprint density at radius 3 is 2.46 bits per heavy atom. The summed E-state index contributed by atoms with van der Waals surface area (Å²) in [5, 5.41) is 6.60. The first-order chi connectivity index (χ1) is 11.5. The van der Waals surface area contributed by atoms with E-state index in [1.54, 1.807) is 21.3 Å². The molecule has 0 fully saturated rings. The summed E-state index contributed by atoms with van der Waals surface area (Å²) in [5.74, 6) is 2.15. The molecule has 2 N–H and O–H groups in total. The zero-order valence-corrected chi connectivity index (χ0v) is 15.8. The third-order valence-electron chi connectivity index (χ3n) is 3.98. The maximum atomic E-state index is 5.32. The number of guanidine groups is 1. The molecule has 0 amide bonds. The van der Waals surface area contributed by atoms with Crippen molar-refractivity contribution in [3.8, 4) is 11.5 Å². The molecular weight excluding hydrogens is 304 g/mol. The van der Waals surface area contributed by atoms with E-state index in [-0.39, 0.29) is 0 Å². The number of methoxy groups -OCH3 is 2. The Kier molecular flexibility index (Phi) is 9.01. The number of anilines is 1. The molecule has 0 atom stereocenters. The molecular formula is C18H32N4O2. The summed E-state index contributed by atoms with van der Waals surface area (Å²) in [6, 6.07) is 6.29. The van der Waals surface area contributed by atoms with Gasteiger partial charge in [0.05, 0.1) is 14.2 Å². The number of nitrogens with one attached hydrogen (secondary N) is 2. The molecule has 1 aromatic rings. The smallest absolute Gasteiger partial charge is 0.195 e. The Balaban J connectivity index is 2.43. The van der Waals surface area contributed by atoms with E-state index in [2.05, 4.69) is 41.4 Å². The van der Waals surface area contributed by atoms with Crippen LogP contribution in [0, 0.1) is 0 Å². The van der Waals surface area contributed by atoms with Crippen LogP contribution in [0.4, 0.5) is 5.69 Å². The van der Waals surface area contributed by atoms with E-state index >= 15 is 0 Å². The molecule has 0 aliphatic heterocycles. The van der Waals surface area contributed by atoms with E-state index in [1.807, 2.05) is 18.2 Å². The van der Waals surface area contributed by atoms with Crippen molar-refractivity contribution in [3.05, 3.63) is 18.2 Å². The SMILES string of the molecule is CN=C(NCCCCN(C)C(C)C)Nc1ccc(OC)c(OC)c1. The van der Waals surface area contributed by atoms with Gasteiger partial charge in [-0.05, 0) is 52.4 Å². The Labute approximate surface area is 146 Å². The topological polar surface area (TPSA) is 58.1 Å². The lowest BCUT2D eigenvalue weighted by molar-refractivity contribution is 0.268. The first kappa shape index (κ1) is 20.1. The minimum Gasteiger partial charge on any atom is -0.493 e. The second-order valence-electron chi connectivity index (χ2n) is 5.98. The van der Waals surface area contributed by atoms with E-state index in [4.69, 9.17) is 9.47 Å². The van der Waals surface area contributed by atoms with Gasteiger partial charge in [-0.1, -0.05) is 0 Å². The summed E-state index contributed by atoms with van der Waals surface area (Å²) in [7, 11) is 7.18. The summed E-state index contributed by atoms with van der Waals surface area (Å²) in [4.78, 5) is 6.61. The molecule has 1 rings (SSSR count). The van der Waals surface area contributed by atoms with Crippen molar-refractivity contribution in [3.63, 3.8) is 0 Å². The third kappa shape index (κ3) is 6.66. The number of unbranched alkanes of at least 4 members (excludes halogenated alkanes) is 1. The van der Waals surface area contributed by atoms with Crippen LogP contribution in [-0.2, 0) is 0 Å². The molecule has 136 valence electrons. The molecule has 0 unspecified atom stereocenters. The molecule has 6 heteroatoms. The number of hydrogen-bond acceptors (Lipinski definition) is 4.